The molecular formula is C16H19BrF3N. The van der Waals surface area contributed by atoms with Gasteiger partial charge < -0.3 is 5.32 Å². The van der Waals surface area contributed by atoms with Crippen LogP contribution >= 0.6 is 15.9 Å². The van der Waals surface area contributed by atoms with Crippen molar-refractivity contribution in [2.45, 2.75) is 57.2 Å². The summed E-state index contributed by atoms with van der Waals surface area (Å²) in [6.07, 6.45) is 4.20. The second kappa shape index (κ2) is 5.49. The maximum absolute atomic E-state index is 13.0. The monoisotopic (exact) mass is 361 g/mol. The van der Waals surface area contributed by atoms with Crippen molar-refractivity contribution in [3.63, 3.8) is 0 Å². The molecule has 0 heterocycles. The number of alkyl halides is 3. The van der Waals surface area contributed by atoms with E-state index in [2.05, 4.69) is 21.2 Å². The average Bonchev–Trinajstić information content (AvgIpc) is 2.45. The second-order valence-corrected chi connectivity index (χ2v) is 7.21. The van der Waals surface area contributed by atoms with E-state index in [9.17, 15) is 13.2 Å². The highest BCUT2D eigenvalue weighted by molar-refractivity contribution is 9.10. The molecule has 1 nitrogen and oxygen atoms in total. The van der Waals surface area contributed by atoms with E-state index in [1.54, 1.807) is 6.07 Å². The van der Waals surface area contributed by atoms with Crippen LogP contribution in [0.15, 0.2) is 22.7 Å². The zero-order chi connectivity index (χ0) is 15.1. The molecule has 0 aliphatic heterocycles. The summed E-state index contributed by atoms with van der Waals surface area (Å²) in [6, 6.07) is 4.77. The highest BCUT2D eigenvalue weighted by Gasteiger charge is 2.46. The van der Waals surface area contributed by atoms with Crippen molar-refractivity contribution in [2.75, 3.05) is 5.32 Å². The molecule has 2 fully saturated rings. The number of hydrogen-bond donors (Lipinski definition) is 1. The van der Waals surface area contributed by atoms with E-state index in [4.69, 9.17) is 0 Å². The summed E-state index contributed by atoms with van der Waals surface area (Å²) < 4.78 is 39.0. The Hall–Kier alpha value is -0.710. The van der Waals surface area contributed by atoms with Crippen molar-refractivity contribution < 1.29 is 13.2 Å². The van der Waals surface area contributed by atoms with E-state index in [1.807, 2.05) is 0 Å². The van der Waals surface area contributed by atoms with Crippen LogP contribution in [0.4, 0.5) is 18.9 Å². The molecule has 2 saturated carbocycles. The number of nitrogens with one attached hydrogen (secondary N) is 1. The van der Waals surface area contributed by atoms with Crippen LogP contribution in [-0.2, 0) is 6.18 Å². The third kappa shape index (κ3) is 2.94. The summed E-state index contributed by atoms with van der Waals surface area (Å²) in [4.78, 5) is 0. The van der Waals surface area contributed by atoms with Gasteiger partial charge in [-0.1, -0.05) is 35.2 Å². The van der Waals surface area contributed by atoms with Crippen molar-refractivity contribution in [2.24, 2.45) is 5.41 Å². The van der Waals surface area contributed by atoms with Crippen LogP contribution in [0, 0.1) is 5.41 Å². The van der Waals surface area contributed by atoms with Crippen molar-refractivity contribution >= 4 is 21.6 Å². The molecule has 0 saturated heterocycles. The van der Waals surface area contributed by atoms with Gasteiger partial charge in [-0.15, -0.1) is 0 Å². The molecule has 2 aliphatic rings. The summed E-state index contributed by atoms with van der Waals surface area (Å²) in [5.41, 5.74) is 0.314. The zero-order valence-electron chi connectivity index (χ0n) is 11.8. The van der Waals surface area contributed by atoms with E-state index < -0.39 is 11.7 Å². The molecular weight excluding hydrogens is 343 g/mol. The topological polar surface area (TPSA) is 12.0 Å². The fraction of sp³-hybridized carbons (Fsp3) is 0.625. The minimum absolute atomic E-state index is 0.0986. The van der Waals surface area contributed by atoms with Gasteiger partial charge in [0.15, 0.2) is 0 Å². The minimum Gasteiger partial charge on any atom is -0.382 e. The molecule has 0 aromatic heterocycles. The maximum Gasteiger partial charge on any atom is 0.417 e. The van der Waals surface area contributed by atoms with Gasteiger partial charge in [0.1, 0.15) is 0 Å². The number of anilines is 1. The smallest absolute Gasteiger partial charge is 0.382 e. The average molecular weight is 362 g/mol. The van der Waals surface area contributed by atoms with Crippen molar-refractivity contribution in [3.05, 3.63) is 28.2 Å². The quantitative estimate of drug-likeness (QED) is 0.681. The molecule has 0 amide bonds. The summed E-state index contributed by atoms with van der Waals surface area (Å²) in [6.45, 7) is 0. The molecule has 3 rings (SSSR count). The molecule has 0 radical (unpaired) electrons. The van der Waals surface area contributed by atoms with Crippen LogP contribution in [0.2, 0.25) is 0 Å². The fourth-order valence-electron chi connectivity index (χ4n) is 3.81. The summed E-state index contributed by atoms with van der Waals surface area (Å²) >= 11 is 2.99. The molecule has 2 aliphatic carbocycles. The van der Waals surface area contributed by atoms with Gasteiger partial charge in [0, 0.05) is 16.2 Å². The van der Waals surface area contributed by atoms with Gasteiger partial charge in [-0.05, 0) is 49.3 Å². The molecule has 21 heavy (non-hydrogen) atoms. The third-order valence-corrected chi connectivity index (χ3v) is 5.82. The molecule has 1 unspecified atom stereocenters. The zero-order valence-corrected chi connectivity index (χ0v) is 13.4. The van der Waals surface area contributed by atoms with Crippen LogP contribution in [0.1, 0.15) is 50.5 Å². The van der Waals surface area contributed by atoms with Crippen molar-refractivity contribution in [3.8, 4) is 0 Å². The molecule has 116 valence electrons. The van der Waals surface area contributed by atoms with Crippen molar-refractivity contribution in [1.82, 2.24) is 0 Å². The third-order valence-electron chi connectivity index (χ3n) is 5.13. The first-order chi connectivity index (χ1) is 9.91. The molecule has 1 aromatic carbocycles. The largest absolute Gasteiger partial charge is 0.417 e. The Kier molecular flexibility index (Phi) is 3.97. The molecule has 1 aromatic rings. The first-order valence-electron chi connectivity index (χ1n) is 7.54. The SMILES string of the molecule is FC(F)(F)c1cc(NC2CCC23CCCCC3)ccc1Br. The number of hydrogen-bond acceptors (Lipinski definition) is 1. The second-order valence-electron chi connectivity index (χ2n) is 6.35. The molecule has 1 spiro atoms. The van der Waals surface area contributed by atoms with Gasteiger partial charge in [-0.3, -0.25) is 0 Å². The first kappa shape index (κ1) is 15.2. The maximum atomic E-state index is 13.0. The van der Waals surface area contributed by atoms with Gasteiger partial charge in [-0.2, -0.15) is 13.2 Å². The van der Waals surface area contributed by atoms with Gasteiger partial charge in [0.05, 0.1) is 5.56 Å². The van der Waals surface area contributed by atoms with Gasteiger partial charge in [-0.25, -0.2) is 0 Å². The summed E-state index contributed by atoms with van der Waals surface area (Å²) in [5, 5.41) is 3.36. The van der Waals surface area contributed by atoms with Gasteiger partial charge >= 0.3 is 6.18 Å². The van der Waals surface area contributed by atoms with E-state index >= 15 is 0 Å². The molecule has 0 bridgehead atoms. The van der Waals surface area contributed by atoms with Crippen LogP contribution in [0.3, 0.4) is 0 Å². The van der Waals surface area contributed by atoms with E-state index in [0.29, 0.717) is 17.1 Å². The lowest BCUT2D eigenvalue weighted by Gasteiger charge is -2.52. The van der Waals surface area contributed by atoms with Crippen molar-refractivity contribution in [1.29, 1.82) is 0 Å². The predicted octanol–water partition coefficient (Wildman–Crippen LogP) is 5.99. The number of rotatable bonds is 2. The molecule has 5 heteroatoms. The van der Waals surface area contributed by atoms with Crippen LogP contribution in [0.5, 0.6) is 0 Å². The Morgan fingerprint density at radius 3 is 2.38 bits per heavy atom. The Labute approximate surface area is 131 Å². The van der Waals surface area contributed by atoms with Crippen LogP contribution in [-0.4, -0.2) is 6.04 Å². The fourth-order valence-corrected chi connectivity index (χ4v) is 4.28. The van der Waals surface area contributed by atoms with Gasteiger partial charge in [0.2, 0.25) is 0 Å². The summed E-state index contributed by atoms with van der Waals surface area (Å²) in [7, 11) is 0. The van der Waals surface area contributed by atoms with E-state index in [1.165, 1.54) is 50.7 Å². The Morgan fingerprint density at radius 1 is 1.10 bits per heavy atom. The summed E-state index contributed by atoms with van der Waals surface area (Å²) in [5.74, 6) is 0. The highest BCUT2D eigenvalue weighted by atomic mass is 79.9. The normalized spacial score (nSPS) is 24.7. The van der Waals surface area contributed by atoms with Crippen LogP contribution < -0.4 is 5.32 Å². The van der Waals surface area contributed by atoms with E-state index in [-0.39, 0.29) is 4.47 Å². The lowest BCUT2D eigenvalue weighted by molar-refractivity contribution is -0.138. The number of benzene rings is 1. The minimum atomic E-state index is -4.32. The number of halogens is 4. The predicted molar refractivity (Wildman–Crippen MR) is 81.3 cm³/mol. The first-order valence-corrected chi connectivity index (χ1v) is 8.33. The van der Waals surface area contributed by atoms with Gasteiger partial charge in [0.25, 0.3) is 0 Å². The van der Waals surface area contributed by atoms with E-state index in [0.717, 1.165) is 6.42 Å². The van der Waals surface area contributed by atoms with Crippen LogP contribution in [0.25, 0.3) is 0 Å². The standard InChI is InChI=1S/C16H19BrF3N/c17-13-5-4-11(10-12(13)16(18,19)20)21-14-6-9-15(14)7-2-1-3-8-15/h4-5,10,14,21H,1-3,6-9H2. The Morgan fingerprint density at radius 2 is 1.81 bits per heavy atom. The molecule has 1 N–H and O–H groups in total. The Balaban J connectivity index is 1.76. The molecule has 1 atom stereocenters. The highest BCUT2D eigenvalue weighted by Crippen LogP contribution is 2.52. The Bertz CT molecular complexity index is 521. The lowest BCUT2D eigenvalue weighted by atomic mass is 9.57. The lowest BCUT2D eigenvalue weighted by Crippen LogP contribution is -2.50.